The standard InChI is InChI=1S/C11H13F3N4O2/c12-11(13,14)6-1-2-8(7(15)3-6)18(4-9(16)19)5-10(17)20/h1-3H,4-5,15H2,(H2,16,19)(H2,17,20). The van der Waals surface area contributed by atoms with Gasteiger partial charge in [0.2, 0.25) is 11.8 Å². The number of rotatable bonds is 5. The molecule has 0 spiro atoms. The van der Waals surface area contributed by atoms with Crippen LogP contribution in [0.25, 0.3) is 0 Å². The Labute approximate surface area is 112 Å². The van der Waals surface area contributed by atoms with E-state index in [1.165, 1.54) is 0 Å². The van der Waals surface area contributed by atoms with Gasteiger partial charge in [0, 0.05) is 0 Å². The van der Waals surface area contributed by atoms with Crippen LogP contribution in [0.1, 0.15) is 5.56 Å². The van der Waals surface area contributed by atoms with Crippen LogP contribution in [0.3, 0.4) is 0 Å². The van der Waals surface area contributed by atoms with Crippen molar-refractivity contribution in [1.29, 1.82) is 0 Å². The molecule has 0 fully saturated rings. The molecule has 2 amide bonds. The topological polar surface area (TPSA) is 115 Å². The van der Waals surface area contributed by atoms with E-state index in [0.717, 1.165) is 17.0 Å². The van der Waals surface area contributed by atoms with Crippen molar-refractivity contribution in [3.63, 3.8) is 0 Å². The summed E-state index contributed by atoms with van der Waals surface area (Å²) in [5.41, 5.74) is 14.4. The van der Waals surface area contributed by atoms with Crippen LogP contribution in [0.15, 0.2) is 18.2 Å². The molecule has 1 aromatic rings. The Kier molecular flexibility index (Phi) is 4.43. The Morgan fingerprint density at radius 1 is 1.10 bits per heavy atom. The summed E-state index contributed by atoms with van der Waals surface area (Å²) in [5.74, 6) is -1.55. The zero-order valence-corrected chi connectivity index (χ0v) is 10.3. The first-order chi connectivity index (χ1) is 9.11. The molecule has 110 valence electrons. The number of nitrogens with zero attached hydrogens (tertiary/aromatic N) is 1. The van der Waals surface area contributed by atoms with E-state index in [4.69, 9.17) is 17.2 Å². The number of carbonyl (C=O) groups excluding carboxylic acids is 2. The highest BCUT2D eigenvalue weighted by Gasteiger charge is 2.31. The number of carbonyl (C=O) groups is 2. The molecule has 0 aromatic heterocycles. The largest absolute Gasteiger partial charge is 0.416 e. The molecule has 9 heteroatoms. The third kappa shape index (κ3) is 4.04. The van der Waals surface area contributed by atoms with Crippen LogP contribution >= 0.6 is 0 Å². The molecule has 0 aliphatic carbocycles. The monoisotopic (exact) mass is 290 g/mol. The van der Waals surface area contributed by atoms with Crippen molar-refractivity contribution in [2.75, 3.05) is 23.7 Å². The van der Waals surface area contributed by atoms with Crippen molar-refractivity contribution in [2.45, 2.75) is 6.18 Å². The van der Waals surface area contributed by atoms with E-state index in [1.54, 1.807) is 0 Å². The molecule has 0 saturated heterocycles. The molecule has 1 rings (SSSR count). The molecule has 0 aliphatic heterocycles. The van der Waals surface area contributed by atoms with Gasteiger partial charge in [-0.3, -0.25) is 9.59 Å². The van der Waals surface area contributed by atoms with Gasteiger partial charge in [-0.2, -0.15) is 13.2 Å². The van der Waals surface area contributed by atoms with Gasteiger partial charge in [-0.25, -0.2) is 0 Å². The van der Waals surface area contributed by atoms with Crippen LogP contribution < -0.4 is 22.1 Å². The molecule has 0 atom stereocenters. The van der Waals surface area contributed by atoms with Crippen LogP contribution in [0.2, 0.25) is 0 Å². The second-order valence-electron chi connectivity index (χ2n) is 4.06. The van der Waals surface area contributed by atoms with E-state index in [0.29, 0.717) is 6.07 Å². The first-order valence-corrected chi connectivity index (χ1v) is 5.39. The fraction of sp³-hybridized carbons (Fsp3) is 0.273. The van der Waals surface area contributed by atoms with E-state index >= 15 is 0 Å². The third-order valence-corrected chi connectivity index (χ3v) is 2.39. The Bertz CT molecular complexity index is 515. The zero-order valence-electron chi connectivity index (χ0n) is 10.3. The predicted octanol–water partition coefficient (Wildman–Crippen LogP) is 0.0646. The lowest BCUT2D eigenvalue weighted by Crippen LogP contribution is -2.40. The van der Waals surface area contributed by atoms with Gasteiger partial charge < -0.3 is 22.1 Å². The van der Waals surface area contributed by atoms with Crippen molar-refractivity contribution in [2.24, 2.45) is 11.5 Å². The number of anilines is 2. The van der Waals surface area contributed by atoms with E-state index in [9.17, 15) is 22.8 Å². The molecule has 0 bridgehead atoms. The molecule has 0 aliphatic rings. The summed E-state index contributed by atoms with van der Waals surface area (Å²) < 4.78 is 37.5. The average molecular weight is 290 g/mol. The summed E-state index contributed by atoms with van der Waals surface area (Å²) in [6, 6.07) is 2.56. The first kappa shape index (κ1) is 15.6. The quantitative estimate of drug-likeness (QED) is 0.665. The van der Waals surface area contributed by atoms with E-state index in [1.807, 2.05) is 0 Å². The lowest BCUT2D eigenvalue weighted by Gasteiger charge is -2.23. The number of nitrogen functional groups attached to an aromatic ring is 1. The molecular formula is C11H13F3N4O2. The summed E-state index contributed by atoms with van der Waals surface area (Å²) in [4.78, 5) is 22.9. The summed E-state index contributed by atoms with van der Waals surface area (Å²) in [6.07, 6.45) is -4.54. The molecule has 0 radical (unpaired) electrons. The molecule has 6 N–H and O–H groups in total. The highest BCUT2D eigenvalue weighted by molar-refractivity contribution is 5.87. The lowest BCUT2D eigenvalue weighted by atomic mass is 10.1. The number of primary amides is 2. The highest BCUT2D eigenvalue weighted by atomic mass is 19.4. The smallest absolute Gasteiger partial charge is 0.397 e. The SMILES string of the molecule is NC(=O)CN(CC(N)=O)c1ccc(C(F)(F)F)cc1N. The third-order valence-electron chi connectivity index (χ3n) is 2.39. The average Bonchev–Trinajstić information content (AvgIpc) is 2.25. The van der Waals surface area contributed by atoms with E-state index < -0.39 is 36.6 Å². The number of amides is 2. The van der Waals surface area contributed by atoms with E-state index in [2.05, 4.69) is 0 Å². The van der Waals surface area contributed by atoms with Crippen molar-refractivity contribution in [1.82, 2.24) is 0 Å². The van der Waals surface area contributed by atoms with Gasteiger partial charge in [0.15, 0.2) is 0 Å². The number of nitrogens with two attached hydrogens (primary N) is 3. The zero-order chi connectivity index (χ0) is 15.5. The minimum Gasteiger partial charge on any atom is -0.397 e. The van der Waals surface area contributed by atoms with Crippen LogP contribution in [-0.4, -0.2) is 24.9 Å². The van der Waals surface area contributed by atoms with Gasteiger partial charge in [-0.05, 0) is 18.2 Å². The Balaban J connectivity index is 3.14. The Morgan fingerprint density at radius 2 is 1.60 bits per heavy atom. The maximum Gasteiger partial charge on any atom is 0.416 e. The Morgan fingerprint density at radius 3 is 1.95 bits per heavy atom. The van der Waals surface area contributed by atoms with Crippen LogP contribution in [-0.2, 0) is 15.8 Å². The van der Waals surface area contributed by atoms with Crippen molar-refractivity contribution in [3.8, 4) is 0 Å². The number of benzene rings is 1. The molecule has 0 unspecified atom stereocenters. The molecule has 1 aromatic carbocycles. The van der Waals surface area contributed by atoms with Crippen molar-refractivity contribution >= 4 is 23.2 Å². The maximum atomic E-state index is 12.5. The minimum absolute atomic E-state index is 0.0793. The lowest BCUT2D eigenvalue weighted by molar-refractivity contribution is -0.137. The van der Waals surface area contributed by atoms with Crippen LogP contribution in [0.5, 0.6) is 0 Å². The fourth-order valence-electron chi connectivity index (χ4n) is 1.62. The Hall–Kier alpha value is -2.45. The van der Waals surface area contributed by atoms with Crippen molar-refractivity contribution in [3.05, 3.63) is 23.8 Å². The maximum absolute atomic E-state index is 12.5. The molecule has 20 heavy (non-hydrogen) atoms. The molecular weight excluding hydrogens is 277 g/mol. The van der Waals surface area contributed by atoms with Gasteiger partial charge >= 0.3 is 6.18 Å². The second kappa shape index (κ2) is 5.68. The minimum atomic E-state index is -4.54. The number of alkyl halides is 3. The van der Waals surface area contributed by atoms with Gasteiger partial charge in [0.25, 0.3) is 0 Å². The summed E-state index contributed by atoms with van der Waals surface area (Å²) in [5, 5.41) is 0. The van der Waals surface area contributed by atoms with Gasteiger partial charge in [-0.1, -0.05) is 0 Å². The van der Waals surface area contributed by atoms with E-state index in [-0.39, 0.29) is 11.4 Å². The fourth-order valence-corrected chi connectivity index (χ4v) is 1.62. The van der Waals surface area contributed by atoms with Gasteiger partial charge in [-0.15, -0.1) is 0 Å². The highest BCUT2D eigenvalue weighted by Crippen LogP contribution is 2.33. The van der Waals surface area contributed by atoms with Crippen LogP contribution in [0, 0.1) is 0 Å². The normalized spacial score (nSPS) is 11.2. The molecule has 0 heterocycles. The predicted molar refractivity (Wildman–Crippen MR) is 66.5 cm³/mol. The van der Waals surface area contributed by atoms with Gasteiger partial charge in [0.05, 0.1) is 30.0 Å². The number of halogens is 3. The van der Waals surface area contributed by atoms with Crippen LogP contribution in [0.4, 0.5) is 24.5 Å². The molecule has 0 saturated carbocycles. The summed E-state index contributed by atoms with van der Waals surface area (Å²) in [7, 11) is 0. The first-order valence-electron chi connectivity index (χ1n) is 5.39. The summed E-state index contributed by atoms with van der Waals surface area (Å²) in [6.45, 7) is -0.781. The van der Waals surface area contributed by atoms with Gasteiger partial charge in [0.1, 0.15) is 0 Å². The summed E-state index contributed by atoms with van der Waals surface area (Å²) >= 11 is 0. The second-order valence-corrected chi connectivity index (χ2v) is 4.06. The van der Waals surface area contributed by atoms with Crippen molar-refractivity contribution < 1.29 is 22.8 Å². The number of hydrogen-bond acceptors (Lipinski definition) is 4. The molecule has 6 nitrogen and oxygen atoms in total. The number of hydrogen-bond donors (Lipinski definition) is 3.